The first-order valence-corrected chi connectivity index (χ1v) is 14.5. The molecule has 4 aromatic carbocycles. The van der Waals surface area contributed by atoms with E-state index in [-0.39, 0.29) is 19.8 Å². The maximum atomic E-state index is 12.6. The number of carbonyl (C=O) groups excluding carboxylic acids is 1. The van der Waals surface area contributed by atoms with E-state index in [4.69, 9.17) is 28.4 Å². The molecule has 0 saturated carbocycles. The molecule has 0 bridgehead atoms. The van der Waals surface area contributed by atoms with E-state index >= 15 is 0 Å². The van der Waals surface area contributed by atoms with Gasteiger partial charge in [-0.05, 0) is 22.3 Å². The van der Waals surface area contributed by atoms with Crippen molar-refractivity contribution in [2.24, 2.45) is 0 Å². The Bertz CT molecular complexity index is 1370. The Hall–Kier alpha value is -3.85. The zero-order chi connectivity index (χ0) is 29.7. The fraction of sp³-hybridized carbons (Fsp3) is 0.306. The van der Waals surface area contributed by atoms with E-state index in [0.29, 0.717) is 19.8 Å². The van der Waals surface area contributed by atoms with Crippen LogP contribution in [0.25, 0.3) is 0 Å². The lowest BCUT2D eigenvalue weighted by Gasteiger charge is -2.34. The predicted octanol–water partition coefficient (Wildman–Crippen LogP) is 6.25. The average molecular weight is 583 g/mol. The van der Waals surface area contributed by atoms with Crippen molar-refractivity contribution in [1.82, 2.24) is 0 Å². The second kappa shape index (κ2) is 15.6. The molecule has 0 radical (unpaired) electrons. The van der Waals surface area contributed by atoms with Crippen molar-refractivity contribution < 1.29 is 33.2 Å². The summed E-state index contributed by atoms with van der Waals surface area (Å²) in [5, 5.41) is 0. The van der Waals surface area contributed by atoms with Gasteiger partial charge in [0.15, 0.2) is 6.10 Å². The molecule has 7 heteroatoms. The molecule has 1 aliphatic heterocycles. The summed E-state index contributed by atoms with van der Waals surface area (Å²) in [6.45, 7) is 2.78. The molecule has 0 amide bonds. The third kappa shape index (κ3) is 8.83. The van der Waals surface area contributed by atoms with Gasteiger partial charge in [0.25, 0.3) is 5.79 Å². The largest absolute Gasteiger partial charge is 0.428 e. The second-order valence-electron chi connectivity index (χ2n) is 10.5. The summed E-state index contributed by atoms with van der Waals surface area (Å²) in [6, 6.07) is 39.4. The van der Waals surface area contributed by atoms with Crippen LogP contribution in [0.15, 0.2) is 121 Å². The normalized spacial score (nSPS) is 21.5. The maximum Gasteiger partial charge on any atom is 0.305 e. The van der Waals surface area contributed by atoms with Gasteiger partial charge in [0.2, 0.25) is 0 Å². The molecule has 1 saturated heterocycles. The Morgan fingerprint density at radius 3 is 1.56 bits per heavy atom. The number of benzene rings is 4. The second-order valence-corrected chi connectivity index (χ2v) is 10.5. The van der Waals surface area contributed by atoms with Gasteiger partial charge in [-0.15, -0.1) is 0 Å². The number of hydrogen-bond acceptors (Lipinski definition) is 7. The highest BCUT2D eigenvalue weighted by atomic mass is 16.8. The third-order valence-corrected chi connectivity index (χ3v) is 7.13. The molecule has 1 fully saturated rings. The van der Waals surface area contributed by atoms with Crippen LogP contribution in [0.2, 0.25) is 0 Å². The van der Waals surface area contributed by atoms with E-state index in [1.165, 1.54) is 6.92 Å². The minimum atomic E-state index is -1.56. The molecule has 4 atom stereocenters. The Labute approximate surface area is 253 Å². The number of rotatable bonds is 15. The fourth-order valence-electron chi connectivity index (χ4n) is 5.13. The first-order chi connectivity index (χ1) is 21.1. The lowest BCUT2D eigenvalue weighted by molar-refractivity contribution is -0.278. The minimum Gasteiger partial charge on any atom is -0.428 e. The van der Waals surface area contributed by atoms with Crippen LogP contribution in [-0.2, 0) is 59.6 Å². The molecule has 224 valence electrons. The smallest absolute Gasteiger partial charge is 0.305 e. The minimum absolute atomic E-state index is 0.0543. The molecule has 0 N–H and O–H groups in total. The van der Waals surface area contributed by atoms with Crippen LogP contribution in [0.4, 0.5) is 0 Å². The summed E-state index contributed by atoms with van der Waals surface area (Å²) in [6.07, 6.45) is -2.03. The molecular weight excluding hydrogens is 544 g/mol. The summed E-state index contributed by atoms with van der Waals surface area (Å²) < 4.78 is 37.9. The first-order valence-electron chi connectivity index (χ1n) is 14.5. The quantitative estimate of drug-likeness (QED) is 0.154. The molecular formula is C36H38O7. The molecule has 0 aromatic heterocycles. The van der Waals surface area contributed by atoms with Crippen LogP contribution < -0.4 is 0 Å². The van der Waals surface area contributed by atoms with Crippen LogP contribution in [0, 0.1) is 0 Å². The van der Waals surface area contributed by atoms with E-state index < -0.39 is 30.1 Å². The van der Waals surface area contributed by atoms with E-state index in [0.717, 1.165) is 22.3 Å². The van der Waals surface area contributed by atoms with Crippen molar-refractivity contribution in [2.45, 2.75) is 57.5 Å². The van der Waals surface area contributed by atoms with E-state index in [1.807, 2.05) is 121 Å². The van der Waals surface area contributed by atoms with E-state index in [9.17, 15) is 4.79 Å². The van der Waals surface area contributed by atoms with Gasteiger partial charge in [-0.2, -0.15) is 0 Å². The standard InChI is InChI=1S/C36H38O7/c1-28(37)42-36(27-39-23-30-16-8-3-9-17-30)35(41-25-32-20-12-5-13-21-32)34(40-24-31-18-10-4-11-19-31)33(43-36)26-38-22-29-14-6-2-7-15-29/h2-21,33-35H,22-27H2,1H3/t33-,34-,35+,36-/m1/s1. The number of ether oxygens (including phenoxy) is 6. The van der Waals surface area contributed by atoms with Crippen molar-refractivity contribution >= 4 is 5.97 Å². The topological polar surface area (TPSA) is 72.5 Å². The van der Waals surface area contributed by atoms with E-state index in [1.54, 1.807) is 0 Å². The zero-order valence-corrected chi connectivity index (χ0v) is 24.4. The summed E-state index contributed by atoms with van der Waals surface area (Å²) in [5.74, 6) is -2.07. The highest BCUT2D eigenvalue weighted by molar-refractivity contribution is 5.66. The van der Waals surface area contributed by atoms with E-state index in [2.05, 4.69) is 0 Å². The molecule has 0 unspecified atom stereocenters. The van der Waals surface area contributed by atoms with Gasteiger partial charge in [0, 0.05) is 6.92 Å². The summed E-state index contributed by atoms with van der Waals surface area (Å²) in [5.41, 5.74) is 3.99. The molecule has 1 aliphatic rings. The van der Waals surface area contributed by atoms with Gasteiger partial charge in [-0.25, -0.2) is 0 Å². The number of hydrogen-bond donors (Lipinski definition) is 0. The Balaban J connectivity index is 1.41. The summed E-state index contributed by atoms with van der Waals surface area (Å²) in [7, 11) is 0. The molecule has 5 rings (SSSR count). The van der Waals surface area contributed by atoms with Gasteiger partial charge < -0.3 is 28.4 Å². The molecule has 0 spiro atoms. The maximum absolute atomic E-state index is 12.6. The van der Waals surface area contributed by atoms with Crippen molar-refractivity contribution in [3.05, 3.63) is 144 Å². The molecule has 43 heavy (non-hydrogen) atoms. The molecule has 0 aliphatic carbocycles. The van der Waals surface area contributed by atoms with Crippen LogP contribution in [0.1, 0.15) is 29.2 Å². The predicted molar refractivity (Wildman–Crippen MR) is 162 cm³/mol. The van der Waals surface area contributed by atoms with Gasteiger partial charge >= 0.3 is 5.97 Å². The molecule has 4 aromatic rings. The van der Waals surface area contributed by atoms with Crippen molar-refractivity contribution in [3.8, 4) is 0 Å². The van der Waals surface area contributed by atoms with Crippen LogP contribution >= 0.6 is 0 Å². The van der Waals surface area contributed by atoms with Gasteiger partial charge in [0.05, 0.1) is 33.0 Å². The highest BCUT2D eigenvalue weighted by Crippen LogP contribution is 2.39. The van der Waals surface area contributed by atoms with Crippen LogP contribution in [0.5, 0.6) is 0 Å². The van der Waals surface area contributed by atoms with Gasteiger partial charge in [-0.3, -0.25) is 4.79 Å². The van der Waals surface area contributed by atoms with Gasteiger partial charge in [0.1, 0.15) is 18.8 Å². The SMILES string of the molecule is CC(=O)O[C@]1(COCc2ccccc2)O[C@H](COCc2ccccc2)[C@@H](OCc2ccccc2)[C@@H]1OCc1ccccc1. The number of esters is 1. The number of carbonyl (C=O) groups is 1. The molecule has 1 heterocycles. The highest BCUT2D eigenvalue weighted by Gasteiger charge is 2.60. The fourth-order valence-corrected chi connectivity index (χ4v) is 5.13. The molecule has 7 nitrogen and oxygen atoms in total. The van der Waals surface area contributed by atoms with Crippen LogP contribution in [0.3, 0.4) is 0 Å². The van der Waals surface area contributed by atoms with Crippen molar-refractivity contribution in [2.75, 3.05) is 13.2 Å². The lowest BCUT2D eigenvalue weighted by atomic mass is 10.0. The monoisotopic (exact) mass is 582 g/mol. The Kier molecular flexibility index (Phi) is 11.1. The van der Waals surface area contributed by atoms with Crippen LogP contribution in [-0.4, -0.2) is 43.3 Å². The van der Waals surface area contributed by atoms with Gasteiger partial charge in [-0.1, -0.05) is 121 Å². The third-order valence-electron chi connectivity index (χ3n) is 7.13. The zero-order valence-electron chi connectivity index (χ0n) is 24.4. The van der Waals surface area contributed by atoms with Crippen molar-refractivity contribution in [3.63, 3.8) is 0 Å². The first kappa shape index (κ1) is 30.6. The Morgan fingerprint density at radius 2 is 1.07 bits per heavy atom. The lowest BCUT2D eigenvalue weighted by Crippen LogP contribution is -2.52. The Morgan fingerprint density at radius 1 is 0.628 bits per heavy atom. The summed E-state index contributed by atoms with van der Waals surface area (Å²) >= 11 is 0. The van der Waals surface area contributed by atoms with Crippen molar-refractivity contribution in [1.29, 1.82) is 0 Å². The average Bonchev–Trinajstić information content (AvgIpc) is 3.31. The summed E-state index contributed by atoms with van der Waals surface area (Å²) in [4.78, 5) is 12.6.